The second-order valence-electron chi connectivity index (χ2n) is 7.48. The number of esters is 1. The van der Waals surface area contributed by atoms with Crippen molar-refractivity contribution in [3.63, 3.8) is 0 Å². The van der Waals surface area contributed by atoms with E-state index in [1.165, 1.54) is 0 Å². The van der Waals surface area contributed by atoms with Gasteiger partial charge >= 0.3 is 5.97 Å². The predicted molar refractivity (Wildman–Crippen MR) is 117 cm³/mol. The number of ether oxygens (including phenoxy) is 1. The highest BCUT2D eigenvalue weighted by atomic mass is 16.5. The number of H-pyrrole nitrogens is 1. The zero-order valence-corrected chi connectivity index (χ0v) is 17.2. The summed E-state index contributed by atoms with van der Waals surface area (Å²) >= 11 is 0. The number of hydrogen-bond acceptors (Lipinski definition) is 5. The van der Waals surface area contributed by atoms with Crippen LogP contribution in [0, 0.1) is 19.3 Å². The van der Waals surface area contributed by atoms with Crippen LogP contribution >= 0.6 is 0 Å². The first-order valence-electron chi connectivity index (χ1n) is 9.92. The summed E-state index contributed by atoms with van der Waals surface area (Å²) in [6.07, 6.45) is 0.750. The molecular weight excluding hydrogens is 380 g/mol. The van der Waals surface area contributed by atoms with E-state index in [2.05, 4.69) is 9.97 Å². The van der Waals surface area contributed by atoms with E-state index in [4.69, 9.17) is 10.1 Å². The summed E-state index contributed by atoms with van der Waals surface area (Å²) < 4.78 is 5.20. The van der Waals surface area contributed by atoms with Crippen LogP contribution in [0.25, 0.3) is 16.6 Å². The molecule has 0 atom stereocenters. The molecule has 0 aliphatic carbocycles. The number of aromatic nitrogens is 2. The number of amidine groups is 1. The number of benzene rings is 2. The average molecular weight is 404 g/mol. The zero-order chi connectivity index (χ0) is 21.4. The van der Waals surface area contributed by atoms with Gasteiger partial charge in [-0.1, -0.05) is 13.0 Å². The smallest absolute Gasteiger partial charge is 0.338 e. The van der Waals surface area contributed by atoms with Crippen LogP contribution in [0.3, 0.4) is 0 Å². The fourth-order valence-corrected chi connectivity index (χ4v) is 3.52. The van der Waals surface area contributed by atoms with Crippen molar-refractivity contribution in [2.75, 3.05) is 18.1 Å². The lowest BCUT2D eigenvalue weighted by Crippen LogP contribution is -2.26. The van der Waals surface area contributed by atoms with Gasteiger partial charge in [-0.2, -0.15) is 0 Å². The van der Waals surface area contributed by atoms with Crippen LogP contribution in [0.4, 0.5) is 5.69 Å². The molecule has 0 saturated heterocycles. The van der Waals surface area contributed by atoms with Gasteiger partial charge in [-0.05, 0) is 61.7 Å². The molecule has 7 nitrogen and oxygen atoms in total. The number of carbonyl (C=O) groups is 1. The quantitative estimate of drug-likeness (QED) is 0.543. The van der Waals surface area contributed by atoms with Crippen molar-refractivity contribution in [1.29, 1.82) is 5.41 Å². The van der Waals surface area contributed by atoms with Crippen LogP contribution in [-0.2, 0) is 4.74 Å². The summed E-state index contributed by atoms with van der Waals surface area (Å²) in [7, 11) is 0. The molecule has 0 amide bonds. The maximum absolute atomic E-state index is 12.2. The van der Waals surface area contributed by atoms with Gasteiger partial charge in [0.25, 0.3) is 0 Å². The highest BCUT2D eigenvalue weighted by Gasteiger charge is 2.31. The normalized spacial score (nSPS) is 14.1. The Kier molecular flexibility index (Phi) is 5.03. The third-order valence-electron chi connectivity index (χ3n) is 5.27. The van der Waals surface area contributed by atoms with Crippen LogP contribution in [0.2, 0.25) is 0 Å². The van der Waals surface area contributed by atoms with E-state index >= 15 is 0 Å². The molecule has 3 aromatic rings. The minimum absolute atomic E-state index is 0.0615. The Morgan fingerprint density at radius 1 is 1.27 bits per heavy atom. The van der Waals surface area contributed by atoms with E-state index in [1.807, 2.05) is 32.9 Å². The topological polar surface area (TPSA) is 102 Å². The van der Waals surface area contributed by atoms with E-state index < -0.39 is 5.97 Å². The van der Waals surface area contributed by atoms with E-state index in [1.54, 1.807) is 29.2 Å². The van der Waals surface area contributed by atoms with Crippen molar-refractivity contribution in [3.8, 4) is 0 Å². The first-order chi connectivity index (χ1) is 14.4. The van der Waals surface area contributed by atoms with Gasteiger partial charge in [0.05, 0.1) is 35.3 Å². The Bertz CT molecular complexity index is 1150. The third-order valence-corrected chi connectivity index (χ3v) is 5.27. The van der Waals surface area contributed by atoms with Gasteiger partial charge in [-0.25, -0.2) is 9.78 Å². The lowest BCUT2D eigenvalue weighted by molar-refractivity contribution is 0.0505. The molecular formula is C23H24N4O3. The van der Waals surface area contributed by atoms with Gasteiger partial charge in [-0.3, -0.25) is 5.41 Å². The minimum atomic E-state index is -0.398. The molecule has 2 heterocycles. The summed E-state index contributed by atoms with van der Waals surface area (Å²) in [4.78, 5) is 21.6. The zero-order valence-electron chi connectivity index (χ0n) is 17.2. The third kappa shape index (κ3) is 3.43. The molecule has 4 rings (SSSR count). The Morgan fingerprint density at radius 3 is 2.80 bits per heavy atom. The number of fused-ring (bicyclic) bond motifs is 1. The molecule has 2 aromatic carbocycles. The SMILES string of the molecule is CCCOC(=O)c1cccc(N2CC(O)=C(c3nc4cc(C)c(C)cc4[nH]3)C2=N)c1. The van der Waals surface area contributed by atoms with Crippen molar-refractivity contribution >= 4 is 34.1 Å². The first kappa shape index (κ1) is 19.7. The summed E-state index contributed by atoms with van der Waals surface area (Å²) in [6, 6.07) is 10.9. The molecule has 1 aromatic heterocycles. The van der Waals surface area contributed by atoms with Crippen molar-refractivity contribution in [1.82, 2.24) is 9.97 Å². The van der Waals surface area contributed by atoms with E-state index in [0.717, 1.165) is 28.6 Å². The number of aryl methyl sites for hydroxylation is 2. The number of hydrogen-bond donors (Lipinski definition) is 3. The number of anilines is 1. The molecule has 1 aliphatic heterocycles. The molecule has 154 valence electrons. The first-order valence-corrected chi connectivity index (χ1v) is 9.92. The second kappa shape index (κ2) is 7.67. The highest BCUT2D eigenvalue weighted by Crippen LogP contribution is 2.31. The fourth-order valence-electron chi connectivity index (χ4n) is 3.52. The summed E-state index contributed by atoms with van der Waals surface area (Å²) in [5.41, 5.74) is 5.34. The van der Waals surface area contributed by atoms with E-state index in [-0.39, 0.29) is 18.1 Å². The molecule has 7 heteroatoms. The Hall–Kier alpha value is -3.61. The number of nitrogens with one attached hydrogen (secondary N) is 2. The van der Waals surface area contributed by atoms with Crippen LogP contribution in [-0.4, -0.2) is 40.0 Å². The van der Waals surface area contributed by atoms with Gasteiger partial charge < -0.3 is 19.7 Å². The number of imidazole rings is 1. The Labute approximate surface area is 174 Å². The van der Waals surface area contributed by atoms with Crippen molar-refractivity contribution < 1.29 is 14.6 Å². The van der Waals surface area contributed by atoms with Crippen molar-refractivity contribution in [2.24, 2.45) is 0 Å². The number of nitrogens with zero attached hydrogens (tertiary/aromatic N) is 2. The average Bonchev–Trinajstić information content (AvgIpc) is 3.25. The van der Waals surface area contributed by atoms with Crippen LogP contribution in [0.15, 0.2) is 42.2 Å². The molecule has 1 aliphatic rings. The predicted octanol–water partition coefficient (Wildman–Crippen LogP) is 4.51. The van der Waals surface area contributed by atoms with Gasteiger partial charge in [-0.15, -0.1) is 0 Å². The molecule has 3 N–H and O–H groups in total. The number of aliphatic hydroxyl groups excluding tert-OH is 1. The van der Waals surface area contributed by atoms with Crippen LogP contribution < -0.4 is 4.90 Å². The molecule has 0 radical (unpaired) electrons. The summed E-state index contributed by atoms with van der Waals surface area (Å²) in [5, 5.41) is 19.3. The molecule has 0 unspecified atom stereocenters. The highest BCUT2D eigenvalue weighted by molar-refractivity contribution is 6.30. The summed E-state index contributed by atoms with van der Waals surface area (Å²) in [5.74, 6) is 0.244. The monoisotopic (exact) mass is 404 g/mol. The molecule has 30 heavy (non-hydrogen) atoms. The molecule has 0 spiro atoms. The van der Waals surface area contributed by atoms with Gasteiger partial charge in [0.1, 0.15) is 17.4 Å². The molecule has 0 bridgehead atoms. The van der Waals surface area contributed by atoms with Crippen molar-refractivity contribution in [3.05, 3.63) is 64.7 Å². The van der Waals surface area contributed by atoms with E-state index in [0.29, 0.717) is 29.3 Å². The number of aliphatic hydroxyl groups is 1. The second-order valence-corrected chi connectivity index (χ2v) is 7.48. The Morgan fingerprint density at radius 2 is 2.03 bits per heavy atom. The standard InChI is InChI=1S/C23H24N4O3/c1-4-8-30-23(29)15-6-5-7-16(11-15)27-12-19(28)20(21(27)24)22-25-17-9-13(2)14(3)10-18(17)26-22/h5-7,9-11,24,28H,4,8,12H2,1-3H3,(H,25,26). The van der Waals surface area contributed by atoms with Crippen LogP contribution in [0.5, 0.6) is 0 Å². The lowest BCUT2D eigenvalue weighted by Gasteiger charge is -2.19. The number of carbonyl (C=O) groups excluding carboxylic acids is 1. The molecule has 0 fully saturated rings. The minimum Gasteiger partial charge on any atom is -0.509 e. The summed E-state index contributed by atoms with van der Waals surface area (Å²) in [6.45, 7) is 6.49. The van der Waals surface area contributed by atoms with Gasteiger partial charge in [0.2, 0.25) is 0 Å². The van der Waals surface area contributed by atoms with E-state index in [9.17, 15) is 9.90 Å². The Balaban J connectivity index is 1.64. The largest absolute Gasteiger partial charge is 0.509 e. The van der Waals surface area contributed by atoms with Crippen molar-refractivity contribution in [2.45, 2.75) is 27.2 Å². The maximum Gasteiger partial charge on any atom is 0.338 e. The van der Waals surface area contributed by atoms with Gasteiger partial charge in [0.15, 0.2) is 0 Å². The molecule has 0 saturated carbocycles. The maximum atomic E-state index is 12.2. The van der Waals surface area contributed by atoms with Crippen LogP contribution in [0.1, 0.15) is 40.7 Å². The van der Waals surface area contributed by atoms with Gasteiger partial charge in [0, 0.05) is 5.69 Å². The lowest BCUT2D eigenvalue weighted by atomic mass is 10.1. The number of rotatable bonds is 5. The number of aromatic amines is 1. The fraction of sp³-hybridized carbons (Fsp3) is 0.261.